The molecule has 0 bridgehead atoms. The van der Waals surface area contributed by atoms with Crippen LogP contribution in [-0.4, -0.2) is 47.2 Å². The van der Waals surface area contributed by atoms with Crippen LogP contribution in [0.5, 0.6) is 0 Å². The molecule has 1 aromatic rings. The van der Waals surface area contributed by atoms with E-state index in [1.165, 1.54) is 32.4 Å². The van der Waals surface area contributed by atoms with Crippen LogP contribution in [0.4, 0.5) is 0 Å². The van der Waals surface area contributed by atoms with Crippen LogP contribution in [0.3, 0.4) is 0 Å². The molecule has 0 spiro atoms. The molecule has 1 amide bonds. The lowest BCUT2D eigenvalue weighted by atomic mass is 10.1. The third-order valence-electron chi connectivity index (χ3n) is 4.18. The van der Waals surface area contributed by atoms with Gasteiger partial charge < -0.3 is 10.2 Å². The molecule has 1 saturated carbocycles. The molecule has 0 aromatic carbocycles. The summed E-state index contributed by atoms with van der Waals surface area (Å²) in [6.45, 7) is 3.23. The first-order valence-electron chi connectivity index (χ1n) is 7.79. The number of amides is 1. The van der Waals surface area contributed by atoms with Gasteiger partial charge in [0.05, 0.1) is 11.4 Å². The maximum Gasteiger partial charge on any atom is 0.230 e. The maximum atomic E-state index is 11.9. The van der Waals surface area contributed by atoms with E-state index >= 15 is 0 Å². The fourth-order valence-corrected chi connectivity index (χ4v) is 3.61. The molecule has 2 heterocycles. The second kappa shape index (κ2) is 7.27. The largest absolute Gasteiger partial charge is 0.355 e. The van der Waals surface area contributed by atoms with Crippen molar-refractivity contribution in [3.63, 3.8) is 0 Å². The normalized spacial score (nSPS) is 22.4. The first-order chi connectivity index (χ1) is 10.3. The number of aromatic nitrogens is 1. The molecule has 1 atom stereocenters. The molecule has 3 rings (SSSR count). The average Bonchev–Trinajstić information content (AvgIpc) is 3.25. The highest BCUT2D eigenvalue weighted by atomic mass is 32.2. The van der Waals surface area contributed by atoms with Crippen LogP contribution in [0, 0.1) is 5.92 Å². The molecular formula is C16H23N3OS. The van der Waals surface area contributed by atoms with Gasteiger partial charge in [-0.1, -0.05) is 6.07 Å². The number of pyridine rings is 1. The van der Waals surface area contributed by atoms with E-state index in [9.17, 15) is 4.79 Å². The van der Waals surface area contributed by atoms with Gasteiger partial charge in [-0.25, -0.2) is 0 Å². The van der Waals surface area contributed by atoms with Gasteiger partial charge in [-0.2, -0.15) is 0 Å². The molecular weight excluding hydrogens is 282 g/mol. The summed E-state index contributed by atoms with van der Waals surface area (Å²) in [5, 5.41) is 3.08. The van der Waals surface area contributed by atoms with Crippen molar-refractivity contribution < 1.29 is 4.79 Å². The van der Waals surface area contributed by atoms with E-state index in [0.717, 1.165) is 24.0 Å². The summed E-state index contributed by atoms with van der Waals surface area (Å²) in [7, 11) is 0. The van der Waals surface area contributed by atoms with Crippen molar-refractivity contribution >= 4 is 17.7 Å². The van der Waals surface area contributed by atoms with Crippen LogP contribution >= 0.6 is 11.8 Å². The molecule has 0 radical (unpaired) electrons. The molecule has 1 aliphatic heterocycles. The molecule has 1 aliphatic carbocycles. The molecule has 21 heavy (non-hydrogen) atoms. The van der Waals surface area contributed by atoms with Crippen molar-refractivity contribution in [2.75, 3.05) is 25.4 Å². The Hall–Kier alpha value is -1.07. The van der Waals surface area contributed by atoms with Gasteiger partial charge in [-0.15, -0.1) is 11.8 Å². The molecule has 1 N–H and O–H groups in total. The van der Waals surface area contributed by atoms with Crippen molar-refractivity contribution in [3.05, 3.63) is 30.1 Å². The number of carbonyl (C=O) groups excluding carboxylic acids is 1. The Morgan fingerprint density at radius 2 is 2.29 bits per heavy atom. The average molecular weight is 305 g/mol. The van der Waals surface area contributed by atoms with Crippen molar-refractivity contribution in [3.8, 4) is 0 Å². The van der Waals surface area contributed by atoms with E-state index in [1.54, 1.807) is 18.0 Å². The molecule has 5 heteroatoms. The molecule has 1 saturated heterocycles. The molecule has 2 fully saturated rings. The number of nitrogens with one attached hydrogen (secondary N) is 1. The van der Waals surface area contributed by atoms with Crippen LogP contribution in [-0.2, 0) is 10.5 Å². The fraction of sp³-hybridized carbons (Fsp3) is 0.625. The van der Waals surface area contributed by atoms with E-state index in [2.05, 4.69) is 15.2 Å². The number of likely N-dealkylation sites (tertiary alicyclic amines) is 1. The standard InChI is InChI=1S/C16H23N3OS/c20-16(12-21-11-14-3-1-2-7-17-14)18-9-13-6-8-19(10-13)15-4-5-15/h1-3,7,13,15H,4-6,8-12H2,(H,18,20)/t13-/m0/s1. The number of thioether (sulfide) groups is 1. The summed E-state index contributed by atoms with van der Waals surface area (Å²) >= 11 is 1.63. The van der Waals surface area contributed by atoms with Gasteiger partial charge in [0.25, 0.3) is 0 Å². The summed E-state index contributed by atoms with van der Waals surface area (Å²) < 4.78 is 0. The highest BCUT2D eigenvalue weighted by molar-refractivity contribution is 7.99. The quantitative estimate of drug-likeness (QED) is 0.836. The Morgan fingerprint density at radius 3 is 3.05 bits per heavy atom. The van der Waals surface area contributed by atoms with Gasteiger partial charge in [0.15, 0.2) is 0 Å². The first-order valence-corrected chi connectivity index (χ1v) is 8.95. The second-order valence-corrected chi connectivity index (χ2v) is 6.98. The topological polar surface area (TPSA) is 45.2 Å². The lowest BCUT2D eigenvalue weighted by Crippen LogP contribution is -2.32. The minimum Gasteiger partial charge on any atom is -0.355 e. The van der Waals surface area contributed by atoms with Crippen LogP contribution in [0.15, 0.2) is 24.4 Å². The summed E-state index contributed by atoms with van der Waals surface area (Å²) in [4.78, 5) is 18.7. The summed E-state index contributed by atoms with van der Waals surface area (Å²) in [6, 6.07) is 6.75. The summed E-state index contributed by atoms with van der Waals surface area (Å²) in [5.41, 5.74) is 1.03. The van der Waals surface area contributed by atoms with Gasteiger partial charge in [-0.3, -0.25) is 9.78 Å². The molecule has 114 valence electrons. The van der Waals surface area contributed by atoms with Crippen LogP contribution in [0.2, 0.25) is 0 Å². The van der Waals surface area contributed by atoms with Crippen LogP contribution < -0.4 is 5.32 Å². The van der Waals surface area contributed by atoms with Crippen molar-refractivity contribution in [2.45, 2.75) is 31.1 Å². The van der Waals surface area contributed by atoms with Crippen LogP contribution in [0.1, 0.15) is 25.0 Å². The smallest absolute Gasteiger partial charge is 0.230 e. The SMILES string of the molecule is O=C(CSCc1ccccn1)NC[C@@H]1CCN(C2CC2)C1. The van der Waals surface area contributed by atoms with Gasteiger partial charge in [-0.05, 0) is 43.9 Å². The number of carbonyl (C=O) groups is 1. The van der Waals surface area contributed by atoms with Crippen molar-refractivity contribution in [2.24, 2.45) is 5.92 Å². The Labute approximate surface area is 130 Å². The number of hydrogen-bond acceptors (Lipinski definition) is 4. The summed E-state index contributed by atoms with van der Waals surface area (Å²) in [5.74, 6) is 2.12. The van der Waals surface area contributed by atoms with E-state index < -0.39 is 0 Å². The summed E-state index contributed by atoms with van der Waals surface area (Å²) in [6.07, 6.45) is 5.78. The zero-order chi connectivity index (χ0) is 14.5. The second-order valence-electron chi connectivity index (χ2n) is 6.00. The highest BCUT2D eigenvalue weighted by Gasteiger charge is 2.34. The molecule has 0 unspecified atom stereocenters. The first kappa shape index (κ1) is 14.9. The minimum absolute atomic E-state index is 0.154. The lowest BCUT2D eigenvalue weighted by Gasteiger charge is -2.15. The zero-order valence-corrected chi connectivity index (χ0v) is 13.1. The zero-order valence-electron chi connectivity index (χ0n) is 12.3. The fourth-order valence-electron chi connectivity index (χ4n) is 2.84. The molecule has 4 nitrogen and oxygen atoms in total. The van der Waals surface area contributed by atoms with E-state index in [1.807, 2.05) is 18.2 Å². The van der Waals surface area contributed by atoms with Gasteiger partial charge in [0, 0.05) is 31.1 Å². The highest BCUT2D eigenvalue weighted by Crippen LogP contribution is 2.31. The third kappa shape index (κ3) is 4.71. The van der Waals surface area contributed by atoms with E-state index in [4.69, 9.17) is 0 Å². The minimum atomic E-state index is 0.154. The Bertz CT molecular complexity index is 464. The van der Waals surface area contributed by atoms with Gasteiger partial charge in [0.1, 0.15) is 0 Å². The van der Waals surface area contributed by atoms with Gasteiger partial charge >= 0.3 is 0 Å². The number of hydrogen-bond donors (Lipinski definition) is 1. The predicted molar refractivity (Wildman–Crippen MR) is 86.1 cm³/mol. The van der Waals surface area contributed by atoms with Gasteiger partial charge in [0.2, 0.25) is 5.91 Å². The Morgan fingerprint density at radius 1 is 1.38 bits per heavy atom. The van der Waals surface area contributed by atoms with Crippen molar-refractivity contribution in [1.29, 1.82) is 0 Å². The van der Waals surface area contributed by atoms with E-state index in [-0.39, 0.29) is 5.91 Å². The molecule has 1 aromatic heterocycles. The Kier molecular flexibility index (Phi) is 5.14. The van der Waals surface area contributed by atoms with Crippen molar-refractivity contribution in [1.82, 2.24) is 15.2 Å². The Balaban J connectivity index is 1.28. The number of rotatable bonds is 7. The number of nitrogens with zero attached hydrogens (tertiary/aromatic N) is 2. The third-order valence-corrected chi connectivity index (χ3v) is 5.14. The lowest BCUT2D eigenvalue weighted by molar-refractivity contribution is -0.118. The maximum absolute atomic E-state index is 11.9. The monoisotopic (exact) mass is 305 g/mol. The van der Waals surface area contributed by atoms with E-state index in [0.29, 0.717) is 11.7 Å². The van der Waals surface area contributed by atoms with Crippen LogP contribution in [0.25, 0.3) is 0 Å². The predicted octanol–water partition coefficient (Wildman–Crippen LogP) is 1.92. The molecule has 2 aliphatic rings.